The molecule has 0 spiro atoms. The zero-order valence-electron chi connectivity index (χ0n) is 23.6. The molecule has 4 aromatic rings. The first-order valence-corrected chi connectivity index (χ1v) is 13.9. The van der Waals surface area contributed by atoms with Crippen LogP contribution >= 0.6 is 0 Å². The minimum atomic E-state index is -4.43. The molecule has 2 aromatic heterocycles. The van der Waals surface area contributed by atoms with Gasteiger partial charge in [0.1, 0.15) is 5.69 Å². The van der Waals surface area contributed by atoms with Gasteiger partial charge in [-0.25, -0.2) is 4.98 Å². The number of rotatable bonds is 8. The Kier molecular flexibility index (Phi) is 8.83. The number of allylic oxidation sites excluding steroid dienone is 1. The predicted molar refractivity (Wildman–Crippen MR) is 166 cm³/mol. The van der Waals surface area contributed by atoms with E-state index in [1.165, 1.54) is 12.3 Å². The van der Waals surface area contributed by atoms with Gasteiger partial charge in [-0.2, -0.15) is 13.2 Å². The van der Waals surface area contributed by atoms with Gasteiger partial charge in [-0.05, 0) is 86.3 Å². The number of fused-ring (bicyclic) bond motifs is 1. The molecule has 5 rings (SSSR count). The maximum Gasteiger partial charge on any atom is 0.416 e. The summed E-state index contributed by atoms with van der Waals surface area (Å²) in [5.74, 6) is 6.41. The summed E-state index contributed by atoms with van der Waals surface area (Å²) in [5, 5.41) is 20.9. The van der Waals surface area contributed by atoms with E-state index in [0.29, 0.717) is 40.0 Å². The van der Waals surface area contributed by atoms with Crippen LogP contribution in [-0.2, 0) is 6.18 Å². The number of nitrogens with zero attached hydrogens (tertiary/aromatic N) is 2. The molecule has 43 heavy (non-hydrogen) atoms. The maximum absolute atomic E-state index is 13.1. The topological polar surface area (TPSA) is 89.3 Å². The van der Waals surface area contributed by atoms with Crippen molar-refractivity contribution in [1.29, 1.82) is 5.41 Å². The Labute approximate surface area is 248 Å². The highest BCUT2D eigenvalue weighted by Gasteiger charge is 2.30. The molecule has 0 bridgehead atoms. The molecule has 1 aliphatic heterocycles. The summed E-state index contributed by atoms with van der Waals surface area (Å²) in [5.41, 5.74) is 5.15. The van der Waals surface area contributed by atoms with Gasteiger partial charge in [0.2, 0.25) is 0 Å². The van der Waals surface area contributed by atoms with Crippen LogP contribution in [0.5, 0.6) is 0 Å². The number of alkyl halides is 3. The fraction of sp³-hybridized carbons (Fsp3) is 0.212. The molecule has 0 saturated carbocycles. The molecule has 0 unspecified atom stereocenters. The van der Waals surface area contributed by atoms with Crippen molar-refractivity contribution in [2.24, 2.45) is 0 Å². The van der Waals surface area contributed by atoms with Crippen molar-refractivity contribution < 1.29 is 13.2 Å². The normalized spacial score (nSPS) is 14.1. The van der Waals surface area contributed by atoms with E-state index < -0.39 is 11.7 Å². The SMILES string of the molecule is C=C(Nc1cccc(C(F)(F)F)c1)c1ccc(C)c(C#Cc2cnc3c(N/C(C=N)=C/NC4CCNCC4)cccn23)c1. The zero-order chi connectivity index (χ0) is 30.4. The Bertz CT molecular complexity index is 1730. The molecule has 0 atom stereocenters. The summed E-state index contributed by atoms with van der Waals surface area (Å²) in [6, 6.07) is 14.8. The summed E-state index contributed by atoms with van der Waals surface area (Å²) in [7, 11) is 0. The number of anilines is 2. The van der Waals surface area contributed by atoms with Crippen molar-refractivity contribution in [1.82, 2.24) is 20.0 Å². The molecule has 2 aromatic carbocycles. The molecule has 220 valence electrons. The standard InChI is InChI=1S/C33H32F3N7/c1-22-8-9-25(23(2)41-28-6-3-5-26(18-28)33(34,35)36)17-24(22)10-11-30-21-40-32-31(7-4-16-43(30)32)42-29(19-37)20-39-27-12-14-38-15-13-27/h3-9,16-21,27,37-39,41-42H,2,12-15H2,1H3/b29-20+,37-19?. The highest BCUT2D eigenvalue weighted by atomic mass is 19.4. The fourth-order valence-electron chi connectivity index (χ4n) is 4.76. The van der Waals surface area contributed by atoms with Gasteiger partial charge >= 0.3 is 6.18 Å². The molecule has 7 nitrogen and oxygen atoms in total. The summed E-state index contributed by atoms with van der Waals surface area (Å²) in [4.78, 5) is 4.57. The Morgan fingerprint density at radius 2 is 1.91 bits per heavy atom. The lowest BCUT2D eigenvalue weighted by Crippen LogP contribution is -2.38. The van der Waals surface area contributed by atoms with E-state index in [4.69, 9.17) is 5.41 Å². The van der Waals surface area contributed by atoms with Crippen LogP contribution in [0.15, 0.2) is 85.5 Å². The lowest BCUT2D eigenvalue weighted by Gasteiger charge is -2.23. The van der Waals surface area contributed by atoms with Gasteiger partial charge in [0, 0.05) is 41.6 Å². The van der Waals surface area contributed by atoms with Crippen molar-refractivity contribution in [3.05, 3.63) is 113 Å². The van der Waals surface area contributed by atoms with Gasteiger partial charge < -0.3 is 26.7 Å². The number of imidazole rings is 1. The molecule has 1 fully saturated rings. The lowest BCUT2D eigenvalue weighted by molar-refractivity contribution is -0.137. The van der Waals surface area contributed by atoms with Crippen LogP contribution in [0.2, 0.25) is 0 Å². The number of hydrogen-bond acceptors (Lipinski definition) is 6. The van der Waals surface area contributed by atoms with Crippen LogP contribution in [-0.4, -0.2) is 34.7 Å². The minimum Gasteiger partial charge on any atom is -0.386 e. The number of aryl methyl sites for hydroxylation is 1. The average Bonchev–Trinajstić information content (AvgIpc) is 3.43. The highest BCUT2D eigenvalue weighted by molar-refractivity contribution is 5.84. The second kappa shape index (κ2) is 12.9. The van der Waals surface area contributed by atoms with Crippen LogP contribution in [0.1, 0.15) is 40.8 Å². The van der Waals surface area contributed by atoms with Crippen molar-refractivity contribution in [2.45, 2.75) is 32.0 Å². The number of piperidine rings is 1. The zero-order valence-corrected chi connectivity index (χ0v) is 23.6. The molecule has 5 N–H and O–H groups in total. The van der Waals surface area contributed by atoms with Crippen LogP contribution in [0, 0.1) is 24.2 Å². The van der Waals surface area contributed by atoms with E-state index >= 15 is 0 Å². The molecule has 10 heteroatoms. The first kappa shape index (κ1) is 29.5. The van der Waals surface area contributed by atoms with Crippen LogP contribution in [0.25, 0.3) is 11.3 Å². The monoisotopic (exact) mass is 583 g/mol. The van der Waals surface area contributed by atoms with Crippen LogP contribution < -0.4 is 21.3 Å². The van der Waals surface area contributed by atoms with E-state index in [-0.39, 0.29) is 0 Å². The summed E-state index contributed by atoms with van der Waals surface area (Å²) < 4.78 is 41.2. The Balaban J connectivity index is 1.34. The number of nitrogens with one attached hydrogen (secondary N) is 5. The molecule has 0 radical (unpaired) electrons. The molecule has 1 saturated heterocycles. The van der Waals surface area contributed by atoms with Crippen LogP contribution in [0.4, 0.5) is 24.5 Å². The van der Waals surface area contributed by atoms with Crippen molar-refractivity contribution in [3.8, 4) is 11.8 Å². The van der Waals surface area contributed by atoms with Crippen LogP contribution in [0.3, 0.4) is 0 Å². The fourth-order valence-corrected chi connectivity index (χ4v) is 4.76. The number of aromatic nitrogens is 2. The van der Waals surface area contributed by atoms with Crippen molar-refractivity contribution >= 4 is 28.9 Å². The first-order valence-electron chi connectivity index (χ1n) is 13.9. The Morgan fingerprint density at radius 1 is 1.09 bits per heavy atom. The molecule has 0 amide bonds. The minimum absolute atomic E-state index is 0.297. The smallest absolute Gasteiger partial charge is 0.386 e. The third-order valence-electron chi connectivity index (χ3n) is 7.18. The van der Waals surface area contributed by atoms with Gasteiger partial charge in [0.15, 0.2) is 5.65 Å². The number of pyridine rings is 1. The van der Waals surface area contributed by atoms with E-state index in [1.807, 2.05) is 54.1 Å². The van der Waals surface area contributed by atoms with E-state index in [1.54, 1.807) is 12.3 Å². The Morgan fingerprint density at radius 3 is 2.67 bits per heavy atom. The maximum atomic E-state index is 13.1. The average molecular weight is 584 g/mol. The largest absolute Gasteiger partial charge is 0.416 e. The third-order valence-corrected chi connectivity index (χ3v) is 7.18. The number of halogens is 3. The highest BCUT2D eigenvalue weighted by Crippen LogP contribution is 2.31. The molecular weight excluding hydrogens is 551 g/mol. The van der Waals surface area contributed by atoms with Gasteiger partial charge in [-0.1, -0.05) is 30.7 Å². The van der Waals surface area contributed by atoms with Gasteiger partial charge in [0.05, 0.1) is 23.1 Å². The molecule has 0 aliphatic carbocycles. The third kappa shape index (κ3) is 7.26. The Hall–Kier alpha value is -5.01. The second-order valence-corrected chi connectivity index (χ2v) is 10.3. The van der Waals surface area contributed by atoms with Gasteiger partial charge in [0.25, 0.3) is 0 Å². The van der Waals surface area contributed by atoms with Gasteiger partial charge in [-0.15, -0.1) is 0 Å². The summed E-state index contributed by atoms with van der Waals surface area (Å²) >= 11 is 0. The van der Waals surface area contributed by atoms with Crippen molar-refractivity contribution in [3.63, 3.8) is 0 Å². The first-order chi connectivity index (χ1) is 20.7. The summed E-state index contributed by atoms with van der Waals surface area (Å²) in [6.07, 6.45) is 4.31. The molecule has 1 aliphatic rings. The molecule has 3 heterocycles. The van der Waals surface area contributed by atoms with E-state index in [0.717, 1.165) is 54.9 Å². The molecular formula is C33H32F3N7. The second-order valence-electron chi connectivity index (χ2n) is 10.3. The van der Waals surface area contributed by atoms with Crippen molar-refractivity contribution in [2.75, 3.05) is 23.7 Å². The van der Waals surface area contributed by atoms with E-state index in [9.17, 15) is 13.2 Å². The summed E-state index contributed by atoms with van der Waals surface area (Å²) in [6.45, 7) is 7.92. The number of hydrogen-bond donors (Lipinski definition) is 5. The quantitative estimate of drug-likeness (QED) is 0.123. The number of benzene rings is 2. The predicted octanol–water partition coefficient (Wildman–Crippen LogP) is 6.39. The van der Waals surface area contributed by atoms with Gasteiger partial charge in [-0.3, -0.25) is 4.40 Å². The lowest BCUT2D eigenvalue weighted by atomic mass is 10.0. The van der Waals surface area contributed by atoms with E-state index in [2.05, 4.69) is 44.7 Å².